The van der Waals surface area contributed by atoms with Gasteiger partial charge in [0.1, 0.15) is 0 Å². The molecule has 3 heterocycles. The summed E-state index contributed by atoms with van der Waals surface area (Å²) in [6.07, 6.45) is 7.59. The average Bonchev–Trinajstić information content (AvgIpc) is 3.56. The van der Waals surface area contributed by atoms with Crippen molar-refractivity contribution < 1.29 is 28.6 Å². The summed E-state index contributed by atoms with van der Waals surface area (Å²) in [5.74, 6) is -0.822. The van der Waals surface area contributed by atoms with Crippen LogP contribution in [0.4, 0.5) is 4.39 Å². The third-order valence-corrected chi connectivity index (χ3v) is 12.9. The molecule has 1 fully saturated rings. The summed E-state index contributed by atoms with van der Waals surface area (Å²) in [6, 6.07) is 38.1. The van der Waals surface area contributed by atoms with Crippen LogP contribution in [0.3, 0.4) is 0 Å². The molecule has 0 N–H and O–H groups in total. The number of nitrogens with zero attached hydrogens (tertiary/aromatic N) is 2. The van der Waals surface area contributed by atoms with Crippen molar-refractivity contribution in [2.45, 2.75) is 84.8 Å². The van der Waals surface area contributed by atoms with Crippen LogP contribution < -0.4 is 5.19 Å². The van der Waals surface area contributed by atoms with Crippen LogP contribution in [0.25, 0.3) is 53.8 Å². The van der Waals surface area contributed by atoms with Crippen molar-refractivity contribution >= 4 is 44.8 Å². The Morgan fingerprint density at radius 3 is 2.33 bits per heavy atom. The van der Waals surface area contributed by atoms with Gasteiger partial charge in [0.15, 0.2) is 0 Å². The second kappa shape index (κ2) is 16.9. The van der Waals surface area contributed by atoms with Crippen molar-refractivity contribution in [2.24, 2.45) is 5.41 Å². The first-order valence-corrected chi connectivity index (χ1v) is 22.9. The van der Waals surface area contributed by atoms with Crippen LogP contribution in [0.15, 0.2) is 109 Å². The van der Waals surface area contributed by atoms with E-state index < -0.39 is 25.8 Å². The van der Waals surface area contributed by atoms with Gasteiger partial charge in [0.2, 0.25) is 0 Å². The van der Waals surface area contributed by atoms with Crippen LogP contribution >= 0.6 is 11.3 Å². The van der Waals surface area contributed by atoms with E-state index in [0.717, 1.165) is 47.7 Å². The van der Waals surface area contributed by atoms with Gasteiger partial charge in [0, 0.05) is 47.1 Å². The number of pyridine rings is 2. The van der Waals surface area contributed by atoms with Gasteiger partial charge in [0.05, 0.1) is 8.07 Å². The Hall–Kier alpha value is -3.80. The maximum Gasteiger partial charge on any atom is 0.0798 e. The SMILES string of the molecule is [2H]C([2H])(c1cc(-c2[c-]cc(F)cc2)ncc1[Si](C)(C)C)C(C)(C)C.[2H]C1(c2ccnc(-c3[c-]ccc4c3sc3cc(-c5ccccc5)ccc34)c2)CCCCC1.[Ir]. The van der Waals surface area contributed by atoms with Crippen molar-refractivity contribution in [1.82, 2.24) is 9.97 Å². The molecule has 4 aromatic carbocycles. The van der Waals surface area contributed by atoms with E-state index in [1.54, 1.807) is 12.3 Å². The van der Waals surface area contributed by atoms with E-state index in [1.165, 1.54) is 49.9 Å². The van der Waals surface area contributed by atoms with Crippen molar-refractivity contribution in [3.63, 3.8) is 0 Å². The topological polar surface area (TPSA) is 25.8 Å². The van der Waals surface area contributed by atoms with Gasteiger partial charge in [-0.2, -0.15) is 11.3 Å². The zero-order valence-electron chi connectivity index (χ0n) is 34.9. The molecule has 1 radical (unpaired) electrons. The summed E-state index contributed by atoms with van der Waals surface area (Å²) in [7, 11) is -1.77. The number of rotatable bonds is 6. The van der Waals surface area contributed by atoms with Gasteiger partial charge in [-0.25, -0.2) is 0 Å². The molecule has 0 bridgehead atoms. The van der Waals surface area contributed by atoms with E-state index in [0.29, 0.717) is 16.8 Å². The minimum absolute atomic E-state index is 0. The third-order valence-electron chi connectivity index (χ3n) is 9.69. The summed E-state index contributed by atoms with van der Waals surface area (Å²) < 4.78 is 42.1. The van der Waals surface area contributed by atoms with E-state index in [1.807, 2.05) is 56.5 Å². The third kappa shape index (κ3) is 9.34. The fourth-order valence-electron chi connectivity index (χ4n) is 7.07. The van der Waals surface area contributed by atoms with E-state index in [2.05, 4.69) is 97.4 Å². The van der Waals surface area contributed by atoms with Crippen LogP contribution in [0, 0.1) is 23.4 Å². The number of halogens is 1. The number of hydrogen-bond acceptors (Lipinski definition) is 3. The standard InChI is InChI=1S/C29H24NS.C19H25FNSi.Ir/c1-3-8-20(9-4-1)22-14-15-24-25-12-7-13-26(29(25)31-28(24)19-22)27-18-23(16-17-30-27)21-10-5-2-6-11-21;1-19(2,3)12-15-11-17(14-7-9-16(20)10-8-14)21-13-18(15)22(4,5)6;/h1,3-4,7-9,12,14-19,21H,2,5-6,10-11H2;7,9-11,13H,12H2,1-6H3;/q2*-1;/i21D;12D2;. The molecule has 0 unspecified atom stereocenters. The molecular formula is C48H49FIrN2SSi-2. The molecule has 0 amide bonds. The molecule has 2 nitrogen and oxygen atoms in total. The van der Waals surface area contributed by atoms with Crippen LogP contribution in [-0.2, 0) is 26.5 Å². The molecule has 0 atom stereocenters. The molecule has 54 heavy (non-hydrogen) atoms. The Kier molecular flexibility index (Phi) is 11.2. The van der Waals surface area contributed by atoms with Crippen LogP contribution in [-0.4, -0.2) is 18.0 Å². The Morgan fingerprint density at radius 2 is 1.63 bits per heavy atom. The molecule has 279 valence electrons. The normalized spacial score (nSPS) is 15.4. The van der Waals surface area contributed by atoms with Gasteiger partial charge in [-0.3, -0.25) is 4.39 Å². The first-order valence-electron chi connectivity index (χ1n) is 20.1. The van der Waals surface area contributed by atoms with Crippen molar-refractivity contribution in [2.75, 3.05) is 0 Å². The minimum atomic E-state index is -1.77. The summed E-state index contributed by atoms with van der Waals surface area (Å²) in [4.78, 5) is 9.23. The molecular weight excluding hydrogens is 876 g/mol. The van der Waals surface area contributed by atoms with Gasteiger partial charge < -0.3 is 9.97 Å². The van der Waals surface area contributed by atoms with Crippen LogP contribution in [0.1, 0.15) is 74.0 Å². The number of aromatic nitrogens is 2. The van der Waals surface area contributed by atoms with E-state index in [-0.39, 0.29) is 25.9 Å². The van der Waals surface area contributed by atoms with Gasteiger partial charge in [-0.1, -0.05) is 131 Å². The Labute approximate surface area is 343 Å². The number of hydrogen-bond donors (Lipinski definition) is 0. The van der Waals surface area contributed by atoms with Crippen LogP contribution in [0.2, 0.25) is 19.6 Å². The van der Waals surface area contributed by atoms with Gasteiger partial charge in [-0.15, -0.1) is 53.6 Å². The second-order valence-electron chi connectivity index (χ2n) is 16.0. The van der Waals surface area contributed by atoms with Crippen molar-refractivity contribution in [3.05, 3.63) is 139 Å². The maximum atomic E-state index is 13.1. The Morgan fingerprint density at radius 1 is 0.852 bits per heavy atom. The average molecular weight is 928 g/mol. The van der Waals surface area contributed by atoms with E-state index >= 15 is 0 Å². The second-order valence-corrected chi connectivity index (χ2v) is 22.1. The Balaban J connectivity index is 0.000000198. The largest absolute Gasteiger partial charge is 0.305 e. The van der Waals surface area contributed by atoms with E-state index in [9.17, 15) is 4.39 Å². The molecule has 0 spiro atoms. The fourth-order valence-corrected chi connectivity index (χ4v) is 9.71. The molecule has 1 saturated carbocycles. The number of benzene rings is 4. The summed E-state index contributed by atoms with van der Waals surface area (Å²) >= 11 is 1.81. The molecule has 8 rings (SSSR count). The molecule has 1 aliphatic carbocycles. The fraction of sp³-hybridized carbons (Fsp3) is 0.292. The number of fused-ring (bicyclic) bond motifs is 3. The van der Waals surface area contributed by atoms with Gasteiger partial charge in [-0.05, 0) is 80.4 Å². The Bertz CT molecular complexity index is 2490. The molecule has 0 saturated heterocycles. The number of thiophene rings is 1. The van der Waals surface area contributed by atoms with Crippen LogP contribution in [0.5, 0.6) is 0 Å². The predicted octanol–water partition coefficient (Wildman–Crippen LogP) is 13.5. The molecule has 6 heteroatoms. The maximum absolute atomic E-state index is 13.1. The first kappa shape index (κ1) is 35.9. The zero-order chi connectivity index (χ0) is 39.9. The first-order chi connectivity index (χ1) is 26.5. The smallest absolute Gasteiger partial charge is 0.0798 e. The molecule has 0 aliphatic heterocycles. The summed E-state index contributed by atoms with van der Waals surface area (Å²) in [5, 5.41) is 3.55. The monoisotopic (exact) mass is 928 g/mol. The van der Waals surface area contributed by atoms with Gasteiger partial charge >= 0.3 is 0 Å². The summed E-state index contributed by atoms with van der Waals surface area (Å²) in [5.41, 5.74) is 6.99. The zero-order valence-corrected chi connectivity index (χ0v) is 36.2. The quantitative estimate of drug-likeness (QED) is 0.123. The van der Waals surface area contributed by atoms with Crippen molar-refractivity contribution in [3.8, 4) is 33.6 Å². The van der Waals surface area contributed by atoms with E-state index in [4.69, 9.17) is 9.10 Å². The molecule has 3 aromatic heterocycles. The van der Waals surface area contributed by atoms with Crippen molar-refractivity contribution in [1.29, 1.82) is 0 Å². The van der Waals surface area contributed by atoms with Gasteiger partial charge in [0.25, 0.3) is 0 Å². The molecule has 1 aliphatic rings. The molecule has 7 aromatic rings. The predicted molar refractivity (Wildman–Crippen MR) is 227 cm³/mol. The minimum Gasteiger partial charge on any atom is -0.305 e. The summed E-state index contributed by atoms with van der Waals surface area (Å²) in [6.45, 7) is 12.3.